The van der Waals surface area contributed by atoms with Crippen LogP contribution >= 0.6 is 11.3 Å². The van der Waals surface area contributed by atoms with Crippen LogP contribution in [0.4, 0.5) is 0 Å². The first kappa shape index (κ1) is 16.0. The zero-order valence-corrected chi connectivity index (χ0v) is 15.5. The predicted molar refractivity (Wildman–Crippen MR) is 108 cm³/mol. The van der Waals surface area contributed by atoms with E-state index >= 15 is 0 Å². The van der Waals surface area contributed by atoms with Crippen molar-refractivity contribution in [2.45, 2.75) is 18.9 Å². The molecular formula is C22H22N2OS. The number of nitrogens with one attached hydrogen (secondary N) is 1. The van der Waals surface area contributed by atoms with Crippen molar-refractivity contribution in [2.24, 2.45) is 5.92 Å². The van der Waals surface area contributed by atoms with E-state index in [4.69, 9.17) is 0 Å². The molecule has 3 aliphatic rings. The van der Waals surface area contributed by atoms with E-state index in [1.807, 2.05) is 12.1 Å². The maximum Gasteiger partial charge on any atom is 0.261 e. The lowest BCUT2D eigenvalue weighted by Crippen LogP contribution is -2.57. The summed E-state index contributed by atoms with van der Waals surface area (Å²) in [6, 6.07) is 19.1. The number of piperidine rings is 3. The molecule has 3 aliphatic heterocycles. The quantitative estimate of drug-likeness (QED) is 0.749. The minimum Gasteiger partial charge on any atom is -0.347 e. The maximum absolute atomic E-state index is 12.9. The molecule has 1 N–H and O–H groups in total. The fourth-order valence-corrected chi connectivity index (χ4v) is 5.49. The molecule has 0 radical (unpaired) electrons. The summed E-state index contributed by atoms with van der Waals surface area (Å²) in [5, 5.41) is 4.47. The van der Waals surface area contributed by atoms with Crippen molar-refractivity contribution >= 4 is 27.3 Å². The second-order valence-electron chi connectivity index (χ2n) is 7.42. The SMILES string of the molecule is O=C(N[C@H]1CN2CCC1CC2)c1cc2cccc(-c3ccccc3)c2s1. The highest BCUT2D eigenvalue weighted by atomic mass is 32.1. The zero-order chi connectivity index (χ0) is 17.5. The molecule has 0 unspecified atom stereocenters. The Bertz CT molecular complexity index is 941. The van der Waals surface area contributed by atoms with Crippen molar-refractivity contribution in [1.29, 1.82) is 0 Å². The highest BCUT2D eigenvalue weighted by Gasteiger charge is 2.35. The van der Waals surface area contributed by atoms with E-state index in [-0.39, 0.29) is 5.91 Å². The number of carbonyl (C=O) groups excluding carboxylic acids is 1. The van der Waals surface area contributed by atoms with E-state index in [1.54, 1.807) is 11.3 Å². The van der Waals surface area contributed by atoms with Gasteiger partial charge in [-0.2, -0.15) is 0 Å². The van der Waals surface area contributed by atoms with Crippen LogP contribution in [0.1, 0.15) is 22.5 Å². The average molecular weight is 362 g/mol. The van der Waals surface area contributed by atoms with Crippen molar-refractivity contribution in [3.05, 3.63) is 59.5 Å². The highest BCUT2D eigenvalue weighted by molar-refractivity contribution is 7.21. The summed E-state index contributed by atoms with van der Waals surface area (Å²) >= 11 is 1.61. The van der Waals surface area contributed by atoms with Gasteiger partial charge < -0.3 is 10.2 Å². The van der Waals surface area contributed by atoms with Gasteiger partial charge in [-0.25, -0.2) is 0 Å². The number of fused-ring (bicyclic) bond motifs is 4. The van der Waals surface area contributed by atoms with E-state index in [1.165, 1.54) is 41.8 Å². The third kappa shape index (κ3) is 2.83. The molecule has 4 heteroatoms. The van der Waals surface area contributed by atoms with E-state index in [0.29, 0.717) is 12.0 Å². The van der Waals surface area contributed by atoms with Crippen LogP contribution in [-0.2, 0) is 0 Å². The Hall–Kier alpha value is -2.17. The summed E-state index contributed by atoms with van der Waals surface area (Å²) in [7, 11) is 0. The molecule has 2 aromatic carbocycles. The van der Waals surface area contributed by atoms with Gasteiger partial charge in [0.05, 0.1) is 4.88 Å². The molecule has 0 spiro atoms. The van der Waals surface area contributed by atoms with Crippen molar-refractivity contribution in [3.8, 4) is 11.1 Å². The first-order valence-corrected chi connectivity index (χ1v) is 10.2. The number of thiophene rings is 1. The van der Waals surface area contributed by atoms with Crippen molar-refractivity contribution in [1.82, 2.24) is 10.2 Å². The zero-order valence-electron chi connectivity index (χ0n) is 14.7. The lowest BCUT2D eigenvalue weighted by molar-refractivity contribution is 0.0622. The van der Waals surface area contributed by atoms with Gasteiger partial charge in [0.25, 0.3) is 5.91 Å². The smallest absolute Gasteiger partial charge is 0.261 e. The van der Waals surface area contributed by atoms with Gasteiger partial charge in [-0.05, 0) is 54.4 Å². The van der Waals surface area contributed by atoms with E-state index in [0.717, 1.165) is 16.8 Å². The summed E-state index contributed by atoms with van der Waals surface area (Å²) in [6.45, 7) is 3.40. The molecule has 1 atom stereocenters. The number of nitrogens with zero attached hydrogens (tertiary/aromatic N) is 1. The van der Waals surface area contributed by atoms with Crippen molar-refractivity contribution in [2.75, 3.05) is 19.6 Å². The van der Waals surface area contributed by atoms with Gasteiger partial charge in [0, 0.05) is 17.3 Å². The Labute approximate surface area is 157 Å². The molecule has 132 valence electrons. The molecule has 1 aromatic heterocycles. The molecule has 26 heavy (non-hydrogen) atoms. The van der Waals surface area contributed by atoms with E-state index < -0.39 is 0 Å². The average Bonchev–Trinajstić information content (AvgIpc) is 3.14. The molecule has 4 heterocycles. The minimum absolute atomic E-state index is 0.0870. The molecule has 2 bridgehead atoms. The number of benzene rings is 2. The number of rotatable bonds is 3. The van der Waals surface area contributed by atoms with Crippen LogP contribution in [0.5, 0.6) is 0 Å². The topological polar surface area (TPSA) is 32.3 Å². The van der Waals surface area contributed by atoms with Crippen molar-refractivity contribution < 1.29 is 4.79 Å². The Morgan fingerprint density at radius 1 is 1.04 bits per heavy atom. The number of amides is 1. The van der Waals surface area contributed by atoms with Gasteiger partial charge in [-0.3, -0.25) is 4.79 Å². The molecule has 3 aromatic rings. The molecule has 3 saturated heterocycles. The Balaban J connectivity index is 1.44. The van der Waals surface area contributed by atoms with Crippen LogP contribution in [0.3, 0.4) is 0 Å². The van der Waals surface area contributed by atoms with Crippen LogP contribution in [0.25, 0.3) is 21.2 Å². The van der Waals surface area contributed by atoms with Crippen LogP contribution in [0, 0.1) is 5.92 Å². The second kappa shape index (κ2) is 6.53. The molecule has 1 amide bonds. The van der Waals surface area contributed by atoms with Gasteiger partial charge in [0.2, 0.25) is 0 Å². The van der Waals surface area contributed by atoms with Gasteiger partial charge in [0.1, 0.15) is 0 Å². The van der Waals surface area contributed by atoms with E-state index in [9.17, 15) is 4.79 Å². The van der Waals surface area contributed by atoms with Crippen molar-refractivity contribution in [3.63, 3.8) is 0 Å². The summed E-state index contributed by atoms with van der Waals surface area (Å²) < 4.78 is 1.19. The number of carbonyl (C=O) groups is 1. The number of hydrogen-bond donors (Lipinski definition) is 1. The monoisotopic (exact) mass is 362 g/mol. The largest absolute Gasteiger partial charge is 0.347 e. The number of hydrogen-bond acceptors (Lipinski definition) is 3. The lowest BCUT2D eigenvalue weighted by Gasteiger charge is -2.44. The van der Waals surface area contributed by atoms with Crippen LogP contribution in [0.2, 0.25) is 0 Å². The van der Waals surface area contributed by atoms with Gasteiger partial charge in [0.15, 0.2) is 0 Å². The van der Waals surface area contributed by atoms with Crippen LogP contribution in [0.15, 0.2) is 54.6 Å². The van der Waals surface area contributed by atoms with Gasteiger partial charge in [-0.1, -0.05) is 48.5 Å². The molecule has 0 aliphatic carbocycles. The van der Waals surface area contributed by atoms with Crippen LogP contribution in [-0.4, -0.2) is 36.5 Å². The Kier molecular flexibility index (Phi) is 4.03. The summed E-state index contributed by atoms with van der Waals surface area (Å²) in [6.07, 6.45) is 2.44. The second-order valence-corrected chi connectivity index (χ2v) is 8.47. The standard InChI is InChI=1S/C22H22N2OS/c25-22(23-19-14-24-11-9-16(19)10-12-24)20-13-17-7-4-8-18(21(17)26-20)15-5-2-1-3-6-15/h1-8,13,16,19H,9-12,14H2,(H,23,25)/t19-/m0/s1. The summed E-state index contributed by atoms with van der Waals surface area (Å²) in [5.41, 5.74) is 2.40. The first-order chi connectivity index (χ1) is 12.8. The highest BCUT2D eigenvalue weighted by Crippen LogP contribution is 2.35. The molecular weight excluding hydrogens is 340 g/mol. The Morgan fingerprint density at radius 3 is 2.58 bits per heavy atom. The fourth-order valence-electron chi connectivity index (χ4n) is 4.39. The molecule has 6 rings (SSSR count). The predicted octanol–water partition coefficient (Wildman–Crippen LogP) is 4.39. The third-order valence-electron chi connectivity index (χ3n) is 5.83. The molecule has 0 saturated carbocycles. The normalized spacial score (nSPS) is 24.7. The van der Waals surface area contributed by atoms with Crippen LogP contribution < -0.4 is 5.32 Å². The minimum atomic E-state index is 0.0870. The third-order valence-corrected chi connectivity index (χ3v) is 7.01. The fraction of sp³-hybridized carbons (Fsp3) is 0.318. The van der Waals surface area contributed by atoms with Gasteiger partial charge >= 0.3 is 0 Å². The molecule has 3 nitrogen and oxygen atoms in total. The first-order valence-electron chi connectivity index (χ1n) is 9.39. The summed E-state index contributed by atoms with van der Waals surface area (Å²) in [5.74, 6) is 0.738. The van der Waals surface area contributed by atoms with E-state index in [2.05, 4.69) is 52.7 Å². The lowest BCUT2D eigenvalue weighted by atomic mass is 9.84. The van der Waals surface area contributed by atoms with Gasteiger partial charge in [-0.15, -0.1) is 11.3 Å². The molecule has 3 fully saturated rings. The maximum atomic E-state index is 12.9. The Morgan fingerprint density at radius 2 is 1.85 bits per heavy atom. The summed E-state index contributed by atoms with van der Waals surface area (Å²) in [4.78, 5) is 16.2.